The lowest BCUT2D eigenvalue weighted by atomic mass is 9.93. The van der Waals surface area contributed by atoms with E-state index in [1.165, 1.54) is 37.3 Å². The maximum absolute atomic E-state index is 5.45. The third kappa shape index (κ3) is 2.13. The third-order valence-electron chi connectivity index (χ3n) is 2.90. The Balaban J connectivity index is 1.93. The molecular formula is C11H17NO. The molecular weight excluding hydrogens is 162 g/mol. The quantitative estimate of drug-likeness (QED) is 0.752. The topological polar surface area (TPSA) is 25.2 Å². The van der Waals surface area contributed by atoms with Gasteiger partial charge in [0.15, 0.2) is 0 Å². The van der Waals surface area contributed by atoms with E-state index in [2.05, 4.69) is 18.3 Å². The summed E-state index contributed by atoms with van der Waals surface area (Å²) in [6.07, 6.45) is 5.51. The van der Waals surface area contributed by atoms with E-state index in [0.29, 0.717) is 0 Å². The predicted molar refractivity (Wildman–Crippen MR) is 52.7 cm³/mol. The summed E-state index contributed by atoms with van der Waals surface area (Å²) in [5.41, 5.74) is 1.30. The molecule has 0 radical (unpaired) electrons. The second kappa shape index (κ2) is 3.97. The molecule has 0 aromatic carbocycles. The van der Waals surface area contributed by atoms with E-state index < -0.39 is 0 Å². The number of aryl methyl sites for hydroxylation is 1. The number of hydrogen-bond donors (Lipinski definition) is 1. The Labute approximate surface area is 79.3 Å². The van der Waals surface area contributed by atoms with Gasteiger partial charge in [0.05, 0.1) is 6.26 Å². The maximum Gasteiger partial charge on any atom is 0.106 e. The molecule has 0 aliphatic carbocycles. The predicted octanol–water partition coefficient (Wildman–Crippen LogP) is 2.13. The van der Waals surface area contributed by atoms with Gasteiger partial charge in [0.2, 0.25) is 0 Å². The van der Waals surface area contributed by atoms with E-state index in [9.17, 15) is 0 Å². The van der Waals surface area contributed by atoms with Crippen molar-refractivity contribution in [2.24, 2.45) is 5.92 Å². The Morgan fingerprint density at radius 2 is 2.23 bits per heavy atom. The number of nitrogens with one attached hydrogen (secondary N) is 1. The minimum atomic E-state index is 0.825. The van der Waals surface area contributed by atoms with Gasteiger partial charge in [-0.1, -0.05) is 0 Å². The largest absolute Gasteiger partial charge is 0.469 e. The standard InChI is InChI=1S/C11H17NO/c1-9-4-7-13-11(9)8-10-2-5-12-6-3-10/h4,7,10,12H,2-3,5-6,8H2,1H3. The molecule has 2 heterocycles. The van der Waals surface area contributed by atoms with Crippen LogP contribution in [0.3, 0.4) is 0 Å². The van der Waals surface area contributed by atoms with Crippen LogP contribution in [-0.2, 0) is 6.42 Å². The maximum atomic E-state index is 5.45. The summed E-state index contributed by atoms with van der Waals surface area (Å²) in [5, 5.41) is 3.38. The Kier molecular flexibility index (Phi) is 2.69. The van der Waals surface area contributed by atoms with Crippen molar-refractivity contribution in [2.75, 3.05) is 13.1 Å². The molecule has 0 spiro atoms. The summed E-state index contributed by atoms with van der Waals surface area (Å²) in [7, 11) is 0. The molecule has 0 unspecified atom stereocenters. The van der Waals surface area contributed by atoms with Gasteiger partial charge < -0.3 is 9.73 Å². The minimum absolute atomic E-state index is 0.825. The zero-order valence-corrected chi connectivity index (χ0v) is 8.18. The summed E-state index contributed by atoms with van der Waals surface area (Å²) in [6, 6.07) is 2.05. The van der Waals surface area contributed by atoms with Crippen LogP contribution in [0, 0.1) is 12.8 Å². The van der Waals surface area contributed by atoms with Gasteiger partial charge in [0.25, 0.3) is 0 Å². The Bertz CT molecular complexity index is 261. The van der Waals surface area contributed by atoms with Crippen molar-refractivity contribution in [1.29, 1.82) is 0 Å². The number of rotatable bonds is 2. The normalized spacial score (nSPS) is 19.2. The van der Waals surface area contributed by atoms with E-state index >= 15 is 0 Å². The molecule has 72 valence electrons. The van der Waals surface area contributed by atoms with Gasteiger partial charge in [-0.05, 0) is 50.4 Å². The molecule has 2 nitrogen and oxygen atoms in total. The fourth-order valence-corrected chi connectivity index (χ4v) is 1.96. The lowest BCUT2D eigenvalue weighted by molar-refractivity contribution is 0.346. The molecule has 0 amide bonds. The van der Waals surface area contributed by atoms with Crippen molar-refractivity contribution in [2.45, 2.75) is 26.2 Å². The average Bonchev–Trinajstić information content (AvgIpc) is 2.54. The fraction of sp³-hybridized carbons (Fsp3) is 0.636. The molecule has 0 bridgehead atoms. The lowest BCUT2D eigenvalue weighted by Crippen LogP contribution is -2.28. The SMILES string of the molecule is Cc1ccoc1CC1CCNCC1. The summed E-state index contributed by atoms with van der Waals surface area (Å²) in [6.45, 7) is 4.47. The Morgan fingerprint density at radius 3 is 2.85 bits per heavy atom. The summed E-state index contributed by atoms with van der Waals surface area (Å²) < 4.78 is 5.45. The molecule has 1 aliphatic rings. The van der Waals surface area contributed by atoms with Crippen LogP contribution in [0.5, 0.6) is 0 Å². The Morgan fingerprint density at radius 1 is 1.46 bits per heavy atom. The van der Waals surface area contributed by atoms with Crippen molar-refractivity contribution in [3.05, 3.63) is 23.7 Å². The van der Waals surface area contributed by atoms with Crippen LogP contribution in [0.15, 0.2) is 16.7 Å². The first-order chi connectivity index (χ1) is 6.36. The van der Waals surface area contributed by atoms with Gasteiger partial charge in [-0.15, -0.1) is 0 Å². The lowest BCUT2D eigenvalue weighted by Gasteiger charge is -2.21. The molecule has 0 atom stereocenters. The number of piperidine rings is 1. The molecule has 1 N–H and O–H groups in total. The summed E-state index contributed by atoms with van der Waals surface area (Å²) in [4.78, 5) is 0. The molecule has 1 aromatic heterocycles. The van der Waals surface area contributed by atoms with Crippen LogP contribution in [0.25, 0.3) is 0 Å². The van der Waals surface area contributed by atoms with Crippen molar-refractivity contribution in [3.63, 3.8) is 0 Å². The van der Waals surface area contributed by atoms with Gasteiger partial charge in [0.1, 0.15) is 5.76 Å². The molecule has 1 aliphatic heterocycles. The second-order valence-electron chi connectivity index (χ2n) is 3.92. The van der Waals surface area contributed by atoms with Gasteiger partial charge in [-0.3, -0.25) is 0 Å². The molecule has 0 saturated carbocycles. The molecule has 2 rings (SSSR count). The number of furan rings is 1. The van der Waals surface area contributed by atoms with Gasteiger partial charge in [-0.25, -0.2) is 0 Å². The van der Waals surface area contributed by atoms with Crippen molar-refractivity contribution in [3.8, 4) is 0 Å². The van der Waals surface area contributed by atoms with Crippen LogP contribution < -0.4 is 5.32 Å². The van der Waals surface area contributed by atoms with Crippen molar-refractivity contribution < 1.29 is 4.42 Å². The van der Waals surface area contributed by atoms with E-state index in [0.717, 1.165) is 12.3 Å². The van der Waals surface area contributed by atoms with Gasteiger partial charge in [-0.2, -0.15) is 0 Å². The van der Waals surface area contributed by atoms with Gasteiger partial charge in [0, 0.05) is 6.42 Å². The molecule has 1 saturated heterocycles. The highest BCUT2D eigenvalue weighted by atomic mass is 16.3. The Hall–Kier alpha value is -0.760. The smallest absolute Gasteiger partial charge is 0.106 e. The summed E-state index contributed by atoms with van der Waals surface area (Å²) >= 11 is 0. The van der Waals surface area contributed by atoms with Crippen molar-refractivity contribution >= 4 is 0 Å². The zero-order valence-electron chi connectivity index (χ0n) is 8.18. The van der Waals surface area contributed by atoms with Crippen LogP contribution in [0.4, 0.5) is 0 Å². The van der Waals surface area contributed by atoms with E-state index in [1.807, 2.05) is 0 Å². The first-order valence-corrected chi connectivity index (χ1v) is 5.10. The first kappa shape index (κ1) is 8.82. The van der Waals surface area contributed by atoms with E-state index in [1.54, 1.807) is 6.26 Å². The van der Waals surface area contributed by atoms with Crippen molar-refractivity contribution in [1.82, 2.24) is 5.32 Å². The second-order valence-corrected chi connectivity index (χ2v) is 3.92. The molecule has 13 heavy (non-hydrogen) atoms. The molecule has 1 fully saturated rings. The average molecular weight is 179 g/mol. The van der Waals surface area contributed by atoms with Crippen LogP contribution in [0.1, 0.15) is 24.2 Å². The van der Waals surface area contributed by atoms with Crippen LogP contribution >= 0.6 is 0 Å². The summed E-state index contributed by atoms with van der Waals surface area (Å²) in [5.74, 6) is 2.01. The first-order valence-electron chi connectivity index (χ1n) is 5.10. The van der Waals surface area contributed by atoms with E-state index in [4.69, 9.17) is 4.42 Å². The van der Waals surface area contributed by atoms with Crippen LogP contribution in [-0.4, -0.2) is 13.1 Å². The molecule has 2 heteroatoms. The number of hydrogen-bond acceptors (Lipinski definition) is 2. The van der Waals surface area contributed by atoms with Crippen LogP contribution in [0.2, 0.25) is 0 Å². The third-order valence-corrected chi connectivity index (χ3v) is 2.90. The minimum Gasteiger partial charge on any atom is -0.469 e. The zero-order chi connectivity index (χ0) is 9.10. The monoisotopic (exact) mass is 179 g/mol. The highest BCUT2D eigenvalue weighted by Gasteiger charge is 2.15. The van der Waals surface area contributed by atoms with E-state index in [-0.39, 0.29) is 0 Å². The molecule has 1 aromatic rings. The highest BCUT2D eigenvalue weighted by Crippen LogP contribution is 2.20. The highest BCUT2D eigenvalue weighted by molar-refractivity contribution is 5.15. The van der Waals surface area contributed by atoms with Gasteiger partial charge >= 0.3 is 0 Å². The fourth-order valence-electron chi connectivity index (χ4n) is 1.96.